The monoisotopic (exact) mass is 287 g/mol. The van der Waals surface area contributed by atoms with Crippen LogP contribution < -0.4 is 5.32 Å². The number of aliphatic hydroxyl groups is 1. The molecule has 0 aromatic heterocycles. The largest absolute Gasteiger partial charge is 0.506 e. The van der Waals surface area contributed by atoms with E-state index >= 15 is 0 Å². The molecule has 1 unspecified atom stereocenters. The molecular formula is C17H21NO3. The Labute approximate surface area is 124 Å². The van der Waals surface area contributed by atoms with E-state index in [1.54, 1.807) is 12.1 Å². The molecule has 4 nitrogen and oxygen atoms in total. The van der Waals surface area contributed by atoms with Crippen LogP contribution in [0.2, 0.25) is 0 Å². The first-order chi connectivity index (χ1) is 10.0. The standard InChI is InChI=1S/C17H21NO3/c1-3-17(2,10-11-19)18-16(21)14-9-8-12-6-4-5-7-13(12)15(14)20/h4-9,19-20H,3,10-11H2,1-2H3,(H,18,21). The number of nitrogens with one attached hydrogen (secondary N) is 1. The highest BCUT2D eigenvalue weighted by Gasteiger charge is 2.25. The zero-order valence-corrected chi connectivity index (χ0v) is 12.4. The molecule has 4 heteroatoms. The summed E-state index contributed by atoms with van der Waals surface area (Å²) in [6.45, 7) is 3.85. The normalized spacial score (nSPS) is 13.9. The summed E-state index contributed by atoms with van der Waals surface area (Å²) in [5.41, 5.74) is -0.226. The van der Waals surface area contributed by atoms with Crippen molar-refractivity contribution in [3.63, 3.8) is 0 Å². The molecule has 2 rings (SSSR count). The van der Waals surface area contributed by atoms with E-state index in [-0.39, 0.29) is 23.8 Å². The summed E-state index contributed by atoms with van der Waals surface area (Å²) in [4.78, 5) is 12.4. The Kier molecular flexibility index (Phi) is 4.48. The van der Waals surface area contributed by atoms with Crippen molar-refractivity contribution in [2.24, 2.45) is 0 Å². The molecule has 1 amide bonds. The first kappa shape index (κ1) is 15.3. The molecule has 0 aliphatic carbocycles. The second-order valence-electron chi connectivity index (χ2n) is 5.52. The zero-order chi connectivity index (χ0) is 15.5. The molecule has 1 atom stereocenters. The van der Waals surface area contributed by atoms with Crippen LogP contribution in [0.5, 0.6) is 5.75 Å². The number of aliphatic hydroxyl groups excluding tert-OH is 1. The Morgan fingerprint density at radius 1 is 1.24 bits per heavy atom. The van der Waals surface area contributed by atoms with Gasteiger partial charge in [0.2, 0.25) is 0 Å². The van der Waals surface area contributed by atoms with E-state index in [2.05, 4.69) is 5.32 Å². The van der Waals surface area contributed by atoms with Gasteiger partial charge in [0.25, 0.3) is 5.91 Å². The van der Waals surface area contributed by atoms with Crippen molar-refractivity contribution in [2.45, 2.75) is 32.2 Å². The van der Waals surface area contributed by atoms with Gasteiger partial charge in [0.15, 0.2) is 0 Å². The number of fused-ring (bicyclic) bond motifs is 1. The van der Waals surface area contributed by atoms with Gasteiger partial charge in [-0.05, 0) is 31.2 Å². The molecule has 21 heavy (non-hydrogen) atoms. The summed E-state index contributed by atoms with van der Waals surface area (Å²) < 4.78 is 0. The van der Waals surface area contributed by atoms with Crippen LogP contribution >= 0.6 is 0 Å². The highest BCUT2D eigenvalue weighted by Crippen LogP contribution is 2.29. The smallest absolute Gasteiger partial charge is 0.255 e. The van der Waals surface area contributed by atoms with Crippen molar-refractivity contribution < 1.29 is 15.0 Å². The van der Waals surface area contributed by atoms with Crippen LogP contribution in [0.25, 0.3) is 10.8 Å². The SMILES string of the molecule is CCC(C)(CCO)NC(=O)c1ccc2ccccc2c1O. The molecular weight excluding hydrogens is 266 g/mol. The summed E-state index contributed by atoms with van der Waals surface area (Å²) in [7, 11) is 0. The van der Waals surface area contributed by atoms with E-state index in [0.29, 0.717) is 18.2 Å². The number of hydrogen-bond acceptors (Lipinski definition) is 3. The Bertz CT molecular complexity index is 654. The molecule has 3 N–H and O–H groups in total. The van der Waals surface area contributed by atoms with Crippen molar-refractivity contribution in [2.75, 3.05) is 6.61 Å². The number of amides is 1. The second-order valence-corrected chi connectivity index (χ2v) is 5.52. The molecule has 0 radical (unpaired) electrons. The topological polar surface area (TPSA) is 69.6 Å². The minimum absolute atomic E-state index is 0.00643. The number of benzene rings is 2. The van der Waals surface area contributed by atoms with Crippen LogP contribution in [0.3, 0.4) is 0 Å². The summed E-state index contributed by atoms with van der Waals surface area (Å²) >= 11 is 0. The first-order valence-electron chi connectivity index (χ1n) is 7.15. The maximum atomic E-state index is 12.4. The van der Waals surface area contributed by atoms with Crippen LogP contribution in [0.15, 0.2) is 36.4 Å². The molecule has 0 aliphatic heterocycles. The molecule has 0 spiro atoms. The van der Waals surface area contributed by atoms with E-state index in [1.165, 1.54) is 0 Å². The molecule has 0 fully saturated rings. The fourth-order valence-electron chi connectivity index (χ4n) is 2.35. The van der Waals surface area contributed by atoms with Crippen LogP contribution in [0.4, 0.5) is 0 Å². The van der Waals surface area contributed by atoms with Gasteiger partial charge < -0.3 is 15.5 Å². The van der Waals surface area contributed by atoms with E-state index in [0.717, 1.165) is 5.39 Å². The number of phenolic OH excluding ortho intramolecular Hbond substituents is 1. The van der Waals surface area contributed by atoms with Gasteiger partial charge in [-0.3, -0.25) is 4.79 Å². The van der Waals surface area contributed by atoms with Gasteiger partial charge in [-0.15, -0.1) is 0 Å². The van der Waals surface area contributed by atoms with Crippen LogP contribution in [-0.2, 0) is 0 Å². The first-order valence-corrected chi connectivity index (χ1v) is 7.15. The fourth-order valence-corrected chi connectivity index (χ4v) is 2.35. The highest BCUT2D eigenvalue weighted by atomic mass is 16.3. The molecule has 0 aliphatic rings. The van der Waals surface area contributed by atoms with Gasteiger partial charge in [0, 0.05) is 17.5 Å². The molecule has 0 saturated heterocycles. The lowest BCUT2D eigenvalue weighted by Gasteiger charge is -2.29. The minimum Gasteiger partial charge on any atom is -0.506 e. The average molecular weight is 287 g/mol. The van der Waals surface area contributed by atoms with Crippen LogP contribution in [-0.4, -0.2) is 28.3 Å². The number of phenols is 1. The number of carbonyl (C=O) groups is 1. The fraction of sp³-hybridized carbons (Fsp3) is 0.353. The molecule has 112 valence electrons. The lowest BCUT2D eigenvalue weighted by atomic mass is 9.94. The van der Waals surface area contributed by atoms with Gasteiger partial charge in [-0.2, -0.15) is 0 Å². The average Bonchev–Trinajstić information content (AvgIpc) is 2.48. The lowest BCUT2D eigenvalue weighted by Crippen LogP contribution is -2.46. The van der Waals surface area contributed by atoms with Crippen LogP contribution in [0.1, 0.15) is 37.0 Å². The predicted octanol–water partition coefficient (Wildman–Crippen LogP) is 2.83. The summed E-state index contributed by atoms with van der Waals surface area (Å²) in [5, 5.41) is 23.9. The maximum absolute atomic E-state index is 12.4. The lowest BCUT2D eigenvalue weighted by molar-refractivity contribution is 0.0884. The summed E-state index contributed by atoms with van der Waals surface area (Å²) in [6.07, 6.45) is 1.18. The molecule has 0 bridgehead atoms. The minimum atomic E-state index is -0.482. The third-order valence-corrected chi connectivity index (χ3v) is 4.00. The van der Waals surface area contributed by atoms with Gasteiger partial charge in [0.05, 0.1) is 5.56 Å². The second kappa shape index (κ2) is 6.14. The summed E-state index contributed by atoms with van der Waals surface area (Å²) in [5.74, 6) is -0.330. The number of hydrogen-bond donors (Lipinski definition) is 3. The van der Waals surface area contributed by atoms with E-state index in [1.807, 2.05) is 38.1 Å². The van der Waals surface area contributed by atoms with E-state index < -0.39 is 5.54 Å². The van der Waals surface area contributed by atoms with E-state index in [9.17, 15) is 9.90 Å². The molecule has 0 heterocycles. The van der Waals surface area contributed by atoms with Gasteiger partial charge in [-0.25, -0.2) is 0 Å². The van der Waals surface area contributed by atoms with Crippen molar-refractivity contribution in [3.05, 3.63) is 42.0 Å². The molecule has 0 saturated carbocycles. The summed E-state index contributed by atoms with van der Waals surface area (Å²) in [6, 6.07) is 10.8. The van der Waals surface area contributed by atoms with Gasteiger partial charge in [0.1, 0.15) is 5.75 Å². The van der Waals surface area contributed by atoms with Gasteiger partial charge in [-0.1, -0.05) is 37.3 Å². The van der Waals surface area contributed by atoms with Crippen molar-refractivity contribution in [1.82, 2.24) is 5.32 Å². The molecule has 2 aromatic rings. The van der Waals surface area contributed by atoms with Crippen molar-refractivity contribution in [3.8, 4) is 5.75 Å². The Hall–Kier alpha value is -2.07. The van der Waals surface area contributed by atoms with E-state index in [4.69, 9.17) is 5.11 Å². The van der Waals surface area contributed by atoms with Crippen molar-refractivity contribution >= 4 is 16.7 Å². The zero-order valence-electron chi connectivity index (χ0n) is 12.4. The van der Waals surface area contributed by atoms with Crippen LogP contribution in [0, 0.1) is 0 Å². The maximum Gasteiger partial charge on any atom is 0.255 e. The Morgan fingerprint density at radius 3 is 2.62 bits per heavy atom. The highest BCUT2D eigenvalue weighted by molar-refractivity contribution is 6.03. The quantitative estimate of drug-likeness (QED) is 0.792. The van der Waals surface area contributed by atoms with Crippen molar-refractivity contribution in [1.29, 1.82) is 0 Å². The predicted molar refractivity (Wildman–Crippen MR) is 83.5 cm³/mol. The molecule has 2 aromatic carbocycles. The number of rotatable bonds is 5. The van der Waals surface area contributed by atoms with Gasteiger partial charge >= 0.3 is 0 Å². The number of carbonyl (C=O) groups excluding carboxylic acids is 1. The number of aromatic hydroxyl groups is 1. The Morgan fingerprint density at radius 2 is 1.95 bits per heavy atom. The Balaban J connectivity index is 2.33. The third-order valence-electron chi connectivity index (χ3n) is 4.00. The third kappa shape index (κ3) is 3.16.